The van der Waals surface area contributed by atoms with Crippen molar-refractivity contribution in [2.24, 2.45) is 11.7 Å². The summed E-state index contributed by atoms with van der Waals surface area (Å²) < 4.78 is 2.20. The molecule has 0 spiro atoms. The van der Waals surface area contributed by atoms with Gasteiger partial charge in [-0.15, -0.1) is 0 Å². The molecule has 1 rings (SSSR count). The Hall–Kier alpha value is -0.830. The molecule has 0 saturated carbocycles. The Balaban J connectivity index is 2.50. The normalized spacial score (nSPS) is 13.0. The lowest BCUT2D eigenvalue weighted by atomic mass is 9.99. The summed E-state index contributed by atoms with van der Waals surface area (Å²) in [6.45, 7) is 6.12. The maximum Gasteiger partial charge on any atom is 0.122 e. The van der Waals surface area contributed by atoms with Crippen LogP contribution >= 0.6 is 0 Å². The molecular formula is C12H23N3. The number of aromatic nitrogens is 2. The predicted octanol–water partition coefficient (Wildman–Crippen LogP) is 2.56. The van der Waals surface area contributed by atoms with E-state index in [9.17, 15) is 0 Å². The van der Waals surface area contributed by atoms with E-state index in [4.69, 9.17) is 5.73 Å². The van der Waals surface area contributed by atoms with Crippen molar-refractivity contribution in [1.82, 2.24) is 9.55 Å². The maximum atomic E-state index is 5.63. The average molecular weight is 209 g/mol. The largest absolute Gasteiger partial charge is 0.334 e. The lowest BCUT2D eigenvalue weighted by molar-refractivity contribution is 0.385. The van der Waals surface area contributed by atoms with Crippen LogP contribution in [-0.4, -0.2) is 9.55 Å². The van der Waals surface area contributed by atoms with Crippen molar-refractivity contribution in [3.63, 3.8) is 0 Å². The van der Waals surface area contributed by atoms with E-state index in [1.54, 1.807) is 0 Å². The van der Waals surface area contributed by atoms with Gasteiger partial charge in [0, 0.05) is 18.9 Å². The van der Waals surface area contributed by atoms with E-state index in [1.807, 2.05) is 12.4 Å². The highest BCUT2D eigenvalue weighted by atomic mass is 15.1. The standard InChI is InChI=1S/C12H23N3/c1-3-5-6-11(4-2)10-15-8-7-14-12(15)9-13/h7-8,11H,3-6,9-10,13H2,1-2H3. The van der Waals surface area contributed by atoms with Crippen molar-refractivity contribution < 1.29 is 0 Å². The first-order valence-corrected chi connectivity index (χ1v) is 6.01. The van der Waals surface area contributed by atoms with Gasteiger partial charge in [-0.3, -0.25) is 0 Å². The highest BCUT2D eigenvalue weighted by Gasteiger charge is 2.08. The lowest BCUT2D eigenvalue weighted by Gasteiger charge is -2.16. The van der Waals surface area contributed by atoms with Crippen LogP contribution in [0.4, 0.5) is 0 Å². The second-order valence-corrected chi connectivity index (χ2v) is 4.12. The predicted molar refractivity (Wildman–Crippen MR) is 63.4 cm³/mol. The molecule has 0 aliphatic rings. The van der Waals surface area contributed by atoms with Crippen molar-refractivity contribution in [1.29, 1.82) is 0 Å². The number of nitrogens with zero attached hydrogens (tertiary/aromatic N) is 2. The van der Waals surface area contributed by atoms with Gasteiger partial charge in [-0.25, -0.2) is 4.98 Å². The van der Waals surface area contributed by atoms with Crippen LogP contribution in [0.1, 0.15) is 45.4 Å². The topological polar surface area (TPSA) is 43.8 Å². The lowest BCUT2D eigenvalue weighted by Crippen LogP contribution is -2.14. The fourth-order valence-electron chi connectivity index (χ4n) is 1.89. The van der Waals surface area contributed by atoms with Gasteiger partial charge in [0.1, 0.15) is 5.82 Å². The van der Waals surface area contributed by atoms with E-state index in [0.717, 1.165) is 18.3 Å². The third-order valence-corrected chi connectivity index (χ3v) is 2.98. The van der Waals surface area contributed by atoms with Crippen LogP contribution in [0.3, 0.4) is 0 Å². The average Bonchev–Trinajstić information content (AvgIpc) is 2.71. The third-order valence-electron chi connectivity index (χ3n) is 2.98. The molecular weight excluding hydrogens is 186 g/mol. The van der Waals surface area contributed by atoms with Gasteiger partial charge in [-0.1, -0.05) is 33.1 Å². The van der Waals surface area contributed by atoms with Crippen LogP contribution < -0.4 is 5.73 Å². The van der Waals surface area contributed by atoms with E-state index in [0.29, 0.717) is 6.54 Å². The van der Waals surface area contributed by atoms with Crippen LogP contribution in [0.5, 0.6) is 0 Å². The molecule has 15 heavy (non-hydrogen) atoms. The van der Waals surface area contributed by atoms with Gasteiger partial charge in [0.25, 0.3) is 0 Å². The number of hydrogen-bond donors (Lipinski definition) is 1. The number of rotatable bonds is 7. The molecule has 1 unspecified atom stereocenters. The minimum absolute atomic E-state index is 0.539. The van der Waals surface area contributed by atoms with Crippen molar-refractivity contribution in [2.75, 3.05) is 0 Å². The number of imidazole rings is 1. The van der Waals surface area contributed by atoms with Crippen molar-refractivity contribution in [3.8, 4) is 0 Å². The van der Waals surface area contributed by atoms with Crippen LogP contribution in [-0.2, 0) is 13.1 Å². The summed E-state index contributed by atoms with van der Waals surface area (Å²) in [5.41, 5.74) is 5.63. The van der Waals surface area contributed by atoms with Crippen LogP contribution in [0.15, 0.2) is 12.4 Å². The number of unbranched alkanes of at least 4 members (excludes halogenated alkanes) is 1. The Morgan fingerprint density at radius 2 is 2.27 bits per heavy atom. The first-order chi connectivity index (χ1) is 7.31. The second-order valence-electron chi connectivity index (χ2n) is 4.12. The molecule has 2 N–H and O–H groups in total. The Kier molecular flexibility index (Phi) is 5.40. The molecule has 1 aromatic heterocycles. The summed E-state index contributed by atoms with van der Waals surface area (Å²) in [7, 11) is 0. The summed E-state index contributed by atoms with van der Waals surface area (Å²) in [5, 5.41) is 0. The Bertz CT molecular complexity index is 268. The molecule has 0 saturated heterocycles. The van der Waals surface area contributed by atoms with E-state index >= 15 is 0 Å². The molecule has 0 fully saturated rings. The van der Waals surface area contributed by atoms with E-state index in [-0.39, 0.29) is 0 Å². The first-order valence-electron chi connectivity index (χ1n) is 6.01. The minimum atomic E-state index is 0.539. The zero-order chi connectivity index (χ0) is 11.1. The zero-order valence-corrected chi connectivity index (χ0v) is 9.95. The summed E-state index contributed by atoms with van der Waals surface area (Å²) in [6, 6.07) is 0. The fraction of sp³-hybridized carbons (Fsp3) is 0.750. The van der Waals surface area contributed by atoms with Crippen molar-refractivity contribution >= 4 is 0 Å². The van der Waals surface area contributed by atoms with E-state index in [2.05, 4.69) is 23.4 Å². The second kappa shape index (κ2) is 6.62. The molecule has 0 aliphatic carbocycles. The van der Waals surface area contributed by atoms with Crippen molar-refractivity contribution in [3.05, 3.63) is 18.2 Å². The van der Waals surface area contributed by atoms with Gasteiger partial charge in [0.05, 0.1) is 6.54 Å². The molecule has 0 radical (unpaired) electrons. The van der Waals surface area contributed by atoms with Gasteiger partial charge >= 0.3 is 0 Å². The van der Waals surface area contributed by atoms with Crippen LogP contribution in [0.2, 0.25) is 0 Å². The molecule has 0 amide bonds. The van der Waals surface area contributed by atoms with Gasteiger partial charge in [-0.05, 0) is 12.3 Å². The van der Waals surface area contributed by atoms with Gasteiger partial charge in [0.2, 0.25) is 0 Å². The summed E-state index contributed by atoms with van der Waals surface area (Å²) in [6.07, 6.45) is 9.04. The Morgan fingerprint density at radius 3 is 2.87 bits per heavy atom. The first kappa shape index (κ1) is 12.2. The Labute approximate surface area is 92.7 Å². The van der Waals surface area contributed by atoms with Gasteiger partial charge in [-0.2, -0.15) is 0 Å². The zero-order valence-electron chi connectivity index (χ0n) is 9.95. The fourth-order valence-corrected chi connectivity index (χ4v) is 1.89. The monoisotopic (exact) mass is 209 g/mol. The smallest absolute Gasteiger partial charge is 0.122 e. The summed E-state index contributed by atoms with van der Waals surface area (Å²) >= 11 is 0. The molecule has 1 aromatic rings. The van der Waals surface area contributed by atoms with Crippen molar-refractivity contribution in [2.45, 2.75) is 52.6 Å². The van der Waals surface area contributed by atoms with Crippen LogP contribution in [0, 0.1) is 5.92 Å². The molecule has 0 aliphatic heterocycles. The summed E-state index contributed by atoms with van der Waals surface area (Å²) in [4.78, 5) is 4.24. The number of nitrogens with two attached hydrogens (primary N) is 1. The maximum absolute atomic E-state index is 5.63. The van der Waals surface area contributed by atoms with E-state index in [1.165, 1.54) is 25.7 Å². The molecule has 0 aromatic carbocycles. The SMILES string of the molecule is CCCCC(CC)Cn1ccnc1CN. The molecule has 3 nitrogen and oxygen atoms in total. The Morgan fingerprint density at radius 1 is 1.47 bits per heavy atom. The quantitative estimate of drug-likeness (QED) is 0.750. The third kappa shape index (κ3) is 3.67. The van der Waals surface area contributed by atoms with Gasteiger partial charge < -0.3 is 10.3 Å². The van der Waals surface area contributed by atoms with Crippen LogP contribution in [0.25, 0.3) is 0 Å². The highest BCUT2D eigenvalue weighted by molar-refractivity contribution is 4.91. The van der Waals surface area contributed by atoms with Gasteiger partial charge in [0.15, 0.2) is 0 Å². The number of hydrogen-bond acceptors (Lipinski definition) is 2. The molecule has 86 valence electrons. The minimum Gasteiger partial charge on any atom is -0.334 e. The van der Waals surface area contributed by atoms with E-state index < -0.39 is 0 Å². The molecule has 1 atom stereocenters. The molecule has 3 heteroatoms. The summed E-state index contributed by atoms with van der Waals surface area (Å²) in [5.74, 6) is 1.77. The molecule has 0 bridgehead atoms. The highest BCUT2D eigenvalue weighted by Crippen LogP contribution is 2.15. The molecule has 1 heterocycles.